The van der Waals surface area contributed by atoms with E-state index in [1.165, 1.54) is 34.6 Å². The molecule has 2 amide bonds. The Morgan fingerprint density at radius 2 is 1.44 bits per heavy atom. The Kier molecular flexibility index (Phi) is 5.32. The fraction of sp³-hybridized carbons (Fsp3) is 0.217. The molecule has 1 saturated heterocycles. The van der Waals surface area contributed by atoms with Crippen LogP contribution in [0.5, 0.6) is 0 Å². The molecule has 0 bridgehead atoms. The Morgan fingerprint density at radius 3 is 2.06 bits per heavy atom. The lowest BCUT2D eigenvalue weighted by Crippen LogP contribution is -2.46. The average molecular weight is 500 g/mol. The summed E-state index contributed by atoms with van der Waals surface area (Å²) >= 11 is 0. The van der Waals surface area contributed by atoms with Crippen molar-refractivity contribution in [2.45, 2.75) is 41.1 Å². The molecule has 0 aromatic heterocycles. The largest absolute Gasteiger partial charge is 0.274 e. The smallest absolute Gasteiger partial charge is 0.252 e. The first kappa shape index (κ1) is 22.7. The van der Waals surface area contributed by atoms with Crippen LogP contribution in [-0.4, -0.2) is 45.0 Å². The second-order valence-corrected chi connectivity index (χ2v) is 11.8. The van der Waals surface area contributed by atoms with Gasteiger partial charge in [0.2, 0.25) is 26.0 Å². The zero-order chi connectivity index (χ0) is 24.3. The first-order valence-corrected chi connectivity index (χ1v) is 13.6. The van der Waals surface area contributed by atoms with Crippen molar-refractivity contribution in [3.8, 4) is 0 Å². The standard InChI is InChI=1S/C23H21N3O6S2/c24-33(29,30)19-11-8-17(9-12-19)25-22(27)14-21(23(25)28)26(18-6-7-18)34(31,32)20-10-5-15-3-1-2-4-16(15)13-20/h1-5,8-13,18,21H,6-7,14H2,(H2,24,29,30). The van der Waals surface area contributed by atoms with Gasteiger partial charge in [-0.3, -0.25) is 9.59 Å². The molecule has 1 unspecified atom stereocenters. The van der Waals surface area contributed by atoms with Crippen molar-refractivity contribution in [3.05, 3.63) is 66.7 Å². The van der Waals surface area contributed by atoms with E-state index in [1.807, 2.05) is 24.3 Å². The zero-order valence-corrected chi connectivity index (χ0v) is 19.5. The third kappa shape index (κ3) is 3.90. The second-order valence-electron chi connectivity index (χ2n) is 8.40. The summed E-state index contributed by atoms with van der Waals surface area (Å²) in [5.41, 5.74) is 0.156. The number of amides is 2. The summed E-state index contributed by atoms with van der Waals surface area (Å²) < 4.78 is 51.5. The lowest BCUT2D eigenvalue weighted by atomic mass is 10.1. The van der Waals surface area contributed by atoms with Gasteiger partial charge in [-0.05, 0) is 60.0 Å². The molecule has 1 heterocycles. The second kappa shape index (κ2) is 7.98. The maximum Gasteiger partial charge on any atom is 0.252 e. The normalized spacial score (nSPS) is 19.4. The van der Waals surface area contributed by atoms with Gasteiger partial charge >= 0.3 is 0 Å². The highest BCUT2D eigenvalue weighted by Gasteiger charge is 2.51. The van der Waals surface area contributed by atoms with Crippen LogP contribution in [0.15, 0.2) is 76.5 Å². The van der Waals surface area contributed by atoms with E-state index in [-0.39, 0.29) is 27.9 Å². The molecule has 0 radical (unpaired) electrons. The molecule has 1 aliphatic heterocycles. The zero-order valence-electron chi connectivity index (χ0n) is 17.9. The molecule has 1 saturated carbocycles. The van der Waals surface area contributed by atoms with Gasteiger partial charge < -0.3 is 0 Å². The predicted molar refractivity (Wildman–Crippen MR) is 125 cm³/mol. The SMILES string of the molecule is NS(=O)(=O)c1ccc(N2C(=O)CC(N(C3CC3)S(=O)(=O)c3ccc4ccccc4c3)C2=O)cc1. The number of nitrogens with two attached hydrogens (primary N) is 1. The lowest BCUT2D eigenvalue weighted by molar-refractivity contribution is -0.122. The van der Waals surface area contributed by atoms with Crippen LogP contribution in [0.25, 0.3) is 10.8 Å². The summed E-state index contributed by atoms with van der Waals surface area (Å²) in [4.78, 5) is 26.9. The fourth-order valence-corrected chi connectivity index (χ4v) is 6.65. The molecule has 2 N–H and O–H groups in total. The van der Waals surface area contributed by atoms with E-state index in [2.05, 4.69) is 0 Å². The van der Waals surface area contributed by atoms with Crippen molar-refractivity contribution >= 4 is 48.3 Å². The van der Waals surface area contributed by atoms with Gasteiger partial charge in [-0.15, -0.1) is 0 Å². The van der Waals surface area contributed by atoms with Crippen LogP contribution >= 0.6 is 0 Å². The molecule has 1 atom stereocenters. The predicted octanol–water partition coefficient (Wildman–Crippen LogP) is 1.97. The van der Waals surface area contributed by atoms with Crippen LogP contribution in [0.2, 0.25) is 0 Å². The summed E-state index contributed by atoms with van der Waals surface area (Å²) in [6.45, 7) is 0. The number of carbonyl (C=O) groups is 2. The quantitative estimate of drug-likeness (QED) is 0.515. The summed E-state index contributed by atoms with van der Waals surface area (Å²) in [5.74, 6) is -1.22. The summed E-state index contributed by atoms with van der Waals surface area (Å²) in [7, 11) is -8.00. The number of rotatable bonds is 6. The highest BCUT2D eigenvalue weighted by atomic mass is 32.2. The Balaban J connectivity index is 1.49. The first-order valence-electron chi connectivity index (χ1n) is 10.6. The van der Waals surface area contributed by atoms with Gasteiger partial charge in [0.15, 0.2) is 0 Å². The number of primary sulfonamides is 1. The van der Waals surface area contributed by atoms with Gasteiger partial charge in [-0.1, -0.05) is 30.3 Å². The van der Waals surface area contributed by atoms with E-state index in [9.17, 15) is 26.4 Å². The van der Waals surface area contributed by atoms with Crippen LogP contribution in [0.3, 0.4) is 0 Å². The van der Waals surface area contributed by atoms with E-state index >= 15 is 0 Å². The highest BCUT2D eigenvalue weighted by molar-refractivity contribution is 7.89. The lowest BCUT2D eigenvalue weighted by Gasteiger charge is -2.27. The Bertz CT molecular complexity index is 1530. The Morgan fingerprint density at radius 1 is 0.824 bits per heavy atom. The van der Waals surface area contributed by atoms with Crippen LogP contribution in [-0.2, 0) is 29.6 Å². The van der Waals surface area contributed by atoms with E-state index in [4.69, 9.17) is 5.14 Å². The average Bonchev–Trinajstić information content (AvgIpc) is 3.58. The molecule has 0 spiro atoms. The molecular formula is C23H21N3O6S2. The summed E-state index contributed by atoms with van der Waals surface area (Å²) in [5, 5.41) is 6.75. The first-order chi connectivity index (χ1) is 16.1. The minimum Gasteiger partial charge on any atom is -0.274 e. The molecule has 176 valence electrons. The van der Waals surface area contributed by atoms with Gasteiger partial charge in [0.25, 0.3) is 5.91 Å². The van der Waals surface area contributed by atoms with Gasteiger partial charge in [-0.25, -0.2) is 26.9 Å². The van der Waals surface area contributed by atoms with E-state index in [0.29, 0.717) is 12.8 Å². The van der Waals surface area contributed by atoms with Crippen LogP contribution in [0, 0.1) is 0 Å². The van der Waals surface area contributed by atoms with Gasteiger partial charge in [-0.2, -0.15) is 4.31 Å². The third-order valence-electron chi connectivity index (χ3n) is 6.06. The maximum atomic E-state index is 13.7. The van der Waals surface area contributed by atoms with E-state index < -0.39 is 37.9 Å². The molecular weight excluding hydrogens is 478 g/mol. The van der Waals surface area contributed by atoms with E-state index in [1.54, 1.807) is 12.1 Å². The molecule has 3 aromatic carbocycles. The van der Waals surface area contributed by atoms with Crippen molar-refractivity contribution in [1.82, 2.24) is 4.31 Å². The minimum absolute atomic E-state index is 0.0642. The summed E-state index contributed by atoms with van der Waals surface area (Å²) in [6.07, 6.45) is 0.917. The molecule has 1 aliphatic carbocycles. The Hall–Kier alpha value is -3.12. The monoisotopic (exact) mass is 499 g/mol. The van der Waals surface area contributed by atoms with Crippen molar-refractivity contribution in [2.24, 2.45) is 5.14 Å². The molecule has 5 rings (SSSR count). The number of hydrogen-bond acceptors (Lipinski definition) is 6. The van der Waals surface area contributed by atoms with Crippen LogP contribution in [0.4, 0.5) is 5.69 Å². The van der Waals surface area contributed by atoms with Crippen molar-refractivity contribution < 1.29 is 26.4 Å². The van der Waals surface area contributed by atoms with Crippen LogP contribution in [0.1, 0.15) is 19.3 Å². The molecule has 3 aromatic rings. The number of fused-ring (bicyclic) bond motifs is 1. The minimum atomic E-state index is -4.06. The van der Waals surface area contributed by atoms with Crippen LogP contribution < -0.4 is 10.0 Å². The highest BCUT2D eigenvalue weighted by Crippen LogP contribution is 2.38. The molecule has 34 heavy (non-hydrogen) atoms. The molecule has 9 nitrogen and oxygen atoms in total. The van der Waals surface area contributed by atoms with E-state index in [0.717, 1.165) is 15.7 Å². The molecule has 2 aliphatic rings. The van der Waals surface area contributed by atoms with Gasteiger partial charge in [0.05, 0.1) is 21.9 Å². The maximum absolute atomic E-state index is 13.7. The topological polar surface area (TPSA) is 135 Å². The number of nitrogens with zero attached hydrogens (tertiary/aromatic N) is 2. The van der Waals surface area contributed by atoms with Crippen molar-refractivity contribution in [2.75, 3.05) is 4.90 Å². The van der Waals surface area contributed by atoms with Gasteiger partial charge in [0.1, 0.15) is 6.04 Å². The van der Waals surface area contributed by atoms with Crippen molar-refractivity contribution in [3.63, 3.8) is 0 Å². The number of carbonyl (C=O) groups excluding carboxylic acids is 2. The number of sulfonamides is 2. The molecule has 2 fully saturated rings. The number of imide groups is 1. The fourth-order valence-electron chi connectivity index (χ4n) is 4.27. The summed E-state index contributed by atoms with van der Waals surface area (Å²) in [6, 6.07) is 15.6. The number of hydrogen-bond donors (Lipinski definition) is 1. The number of benzene rings is 3. The Labute approximate surface area is 196 Å². The van der Waals surface area contributed by atoms with Crippen molar-refractivity contribution in [1.29, 1.82) is 0 Å². The third-order valence-corrected chi connectivity index (χ3v) is 8.94. The number of anilines is 1. The van der Waals surface area contributed by atoms with Gasteiger partial charge in [0, 0.05) is 6.04 Å². The molecule has 11 heteroatoms.